The summed E-state index contributed by atoms with van der Waals surface area (Å²) in [5.41, 5.74) is 5.33. The number of hydrogen-bond donors (Lipinski definition) is 2. The maximum absolute atomic E-state index is 11.6. The van der Waals surface area contributed by atoms with Gasteiger partial charge in [0.25, 0.3) is 0 Å². The Morgan fingerprint density at radius 1 is 1.47 bits per heavy atom. The summed E-state index contributed by atoms with van der Waals surface area (Å²) in [4.78, 5) is 12.7. The van der Waals surface area contributed by atoms with Gasteiger partial charge in [0.2, 0.25) is 5.91 Å². The Labute approximate surface area is 106 Å². The molecule has 0 spiro atoms. The topological polar surface area (TPSA) is 64.3 Å². The summed E-state index contributed by atoms with van der Waals surface area (Å²) in [6.07, 6.45) is 0. The number of methoxy groups -OCH3 is 1. The summed E-state index contributed by atoms with van der Waals surface area (Å²) in [5.74, 6) is 0.825. The summed E-state index contributed by atoms with van der Waals surface area (Å²) in [5, 5.41) is 2.64. The van der Waals surface area contributed by atoms with Crippen LogP contribution in [-0.2, 0) is 4.79 Å². The highest BCUT2D eigenvalue weighted by molar-refractivity contribution is 8.00. The lowest BCUT2D eigenvalue weighted by Gasteiger charge is -2.11. The van der Waals surface area contributed by atoms with E-state index in [1.54, 1.807) is 7.11 Å². The molecule has 94 valence electrons. The summed E-state index contributed by atoms with van der Waals surface area (Å²) in [6.45, 7) is 2.86. The van der Waals surface area contributed by atoms with Gasteiger partial charge in [-0.15, -0.1) is 11.8 Å². The van der Waals surface area contributed by atoms with E-state index in [0.29, 0.717) is 13.1 Å². The van der Waals surface area contributed by atoms with Crippen LogP contribution in [0.4, 0.5) is 0 Å². The maximum atomic E-state index is 11.6. The Bertz CT molecular complexity index is 354. The molecule has 0 fully saturated rings. The van der Waals surface area contributed by atoms with E-state index in [1.807, 2.05) is 31.2 Å². The number of carbonyl (C=O) groups excluding carboxylic acids is 1. The minimum atomic E-state index is -0.130. The molecule has 0 aliphatic rings. The molecule has 0 aromatic heterocycles. The molecular formula is C12H18N2O2S. The Kier molecular flexibility index (Phi) is 5.86. The van der Waals surface area contributed by atoms with Crippen LogP contribution in [0, 0.1) is 0 Å². The van der Waals surface area contributed by atoms with Crippen molar-refractivity contribution in [2.24, 2.45) is 5.73 Å². The van der Waals surface area contributed by atoms with E-state index in [-0.39, 0.29) is 11.2 Å². The van der Waals surface area contributed by atoms with Crippen LogP contribution in [-0.4, -0.2) is 31.4 Å². The van der Waals surface area contributed by atoms with E-state index in [0.717, 1.165) is 10.6 Å². The first-order valence-corrected chi connectivity index (χ1v) is 6.34. The van der Waals surface area contributed by atoms with Gasteiger partial charge in [-0.2, -0.15) is 0 Å². The zero-order chi connectivity index (χ0) is 12.7. The molecule has 0 bridgehead atoms. The smallest absolute Gasteiger partial charge is 0.233 e. The zero-order valence-corrected chi connectivity index (χ0v) is 10.9. The fourth-order valence-corrected chi connectivity index (χ4v) is 2.14. The Morgan fingerprint density at radius 3 is 2.65 bits per heavy atom. The van der Waals surface area contributed by atoms with Crippen molar-refractivity contribution in [2.75, 3.05) is 20.2 Å². The standard InChI is InChI=1S/C12H18N2O2S/c1-9(12(15)14-8-7-13)17-11-5-3-10(16-2)4-6-11/h3-6,9H,7-8,13H2,1-2H3,(H,14,15). The quantitative estimate of drug-likeness (QED) is 0.750. The lowest BCUT2D eigenvalue weighted by Crippen LogP contribution is -2.34. The van der Waals surface area contributed by atoms with Crippen LogP contribution in [0.3, 0.4) is 0 Å². The summed E-state index contributed by atoms with van der Waals surface area (Å²) in [7, 11) is 1.63. The van der Waals surface area contributed by atoms with Crippen molar-refractivity contribution in [1.82, 2.24) is 5.32 Å². The first kappa shape index (κ1) is 13.9. The van der Waals surface area contributed by atoms with E-state index < -0.39 is 0 Å². The molecule has 0 radical (unpaired) electrons. The predicted octanol–water partition coefficient (Wildman–Crippen LogP) is 1.25. The number of nitrogens with one attached hydrogen (secondary N) is 1. The number of hydrogen-bond acceptors (Lipinski definition) is 4. The molecule has 0 saturated carbocycles. The highest BCUT2D eigenvalue weighted by Gasteiger charge is 2.13. The number of carbonyl (C=O) groups is 1. The van der Waals surface area contributed by atoms with Crippen LogP contribution in [0.25, 0.3) is 0 Å². The molecule has 0 aliphatic heterocycles. The molecule has 0 saturated heterocycles. The third-order valence-electron chi connectivity index (χ3n) is 2.19. The minimum absolute atomic E-state index is 0.0104. The molecule has 1 aromatic rings. The average Bonchev–Trinajstić information content (AvgIpc) is 2.36. The van der Waals surface area contributed by atoms with Gasteiger partial charge in [-0.1, -0.05) is 0 Å². The van der Waals surface area contributed by atoms with Crippen molar-refractivity contribution in [3.8, 4) is 5.75 Å². The molecule has 1 aromatic carbocycles. The molecule has 0 aliphatic carbocycles. The number of amides is 1. The van der Waals surface area contributed by atoms with Gasteiger partial charge in [0.05, 0.1) is 12.4 Å². The SMILES string of the molecule is COc1ccc(SC(C)C(=O)NCCN)cc1. The van der Waals surface area contributed by atoms with Gasteiger partial charge in [0.1, 0.15) is 5.75 Å². The molecular weight excluding hydrogens is 236 g/mol. The average molecular weight is 254 g/mol. The van der Waals surface area contributed by atoms with E-state index in [2.05, 4.69) is 5.32 Å². The minimum Gasteiger partial charge on any atom is -0.497 e. The van der Waals surface area contributed by atoms with Crippen molar-refractivity contribution in [3.63, 3.8) is 0 Å². The third-order valence-corrected chi connectivity index (χ3v) is 3.30. The van der Waals surface area contributed by atoms with Crippen molar-refractivity contribution in [2.45, 2.75) is 17.1 Å². The highest BCUT2D eigenvalue weighted by Crippen LogP contribution is 2.25. The van der Waals surface area contributed by atoms with Gasteiger partial charge in [0.15, 0.2) is 0 Å². The van der Waals surface area contributed by atoms with Crippen LogP contribution >= 0.6 is 11.8 Å². The lowest BCUT2D eigenvalue weighted by molar-refractivity contribution is -0.120. The summed E-state index contributed by atoms with van der Waals surface area (Å²) in [6, 6.07) is 7.64. The van der Waals surface area contributed by atoms with E-state index in [1.165, 1.54) is 11.8 Å². The van der Waals surface area contributed by atoms with E-state index in [9.17, 15) is 4.79 Å². The number of benzene rings is 1. The summed E-state index contributed by atoms with van der Waals surface area (Å²) >= 11 is 1.51. The largest absolute Gasteiger partial charge is 0.497 e. The molecule has 4 nitrogen and oxygen atoms in total. The van der Waals surface area contributed by atoms with Gasteiger partial charge < -0.3 is 15.8 Å². The van der Waals surface area contributed by atoms with Gasteiger partial charge in [-0.05, 0) is 31.2 Å². The van der Waals surface area contributed by atoms with Crippen LogP contribution in [0.1, 0.15) is 6.92 Å². The number of nitrogens with two attached hydrogens (primary N) is 1. The molecule has 17 heavy (non-hydrogen) atoms. The monoisotopic (exact) mass is 254 g/mol. The number of rotatable bonds is 6. The second kappa shape index (κ2) is 7.19. The predicted molar refractivity (Wildman–Crippen MR) is 70.4 cm³/mol. The fourth-order valence-electron chi connectivity index (χ4n) is 1.25. The fraction of sp³-hybridized carbons (Fsp3) is 0.417. The second-order valence-electron chi connectivity index (χ2n) is 3.52. The van der Waals surface area contributed by atoms with E-state index in [4.69, 9.17) is 10.5 Å². The van der Waals surface area contributed by atoms with Crippen molar-refractivity contribution in [3.05, 3.63) is 24.3 Å². The van der Waals surface area contributed by atoms with Crippen LogP contribution in [0.15, 0.2) is 29.2 Å². The number of ether oxygens (including phenoxy) is 1. The second-order valence-corrected chi connectivity index (χ2v) is 4.93. The van der Waals surface area contributed by atoms with E-state index >= 15 is 0 Å². The first-order chi connectivity index (χ1) is 8.17. The van der Waals surface area contributed by atoms with Crippen LogP contribution < -0.4 is 15.8 Å². The number of thioether (sulfide) groups is 1. The van der Waals surface area contributed by atoms with Crippen molar-refractivity contribution in [1.29, 1.82) is 0 Å². The van der Waals surface area contributed by atoms with Gasteiger partial charge in [0, 0.05) is 18.0 Å². The molecule has 5 heteroatoms. The van der Waals surface area contributed by atoms with Gasteiger partial charge in [-0.3, -0.25) is 4.79 Å². The van der Waals surface area contributed by atoms with Crippen molar-refractivity contribution < 1.29 is 9.53 Å². The Morgan fingerprint density at radius 2 is 2.12 bits per heavy atom. The Balaban J connectivity index is 2.49. The highest BCUT2D eigenvalue weighted by atomic mass is 32.2. The van der Waals surface area contributed by atoms with Gasteiger partial charge in [-0.25, -0.2) is 0 Å². The Hall–Kier alpha value is -1.20. The maximum Gasteiger partial charge on any atom is 0.233 e. The molecule has 1 atom stereocenters. The molecule has 1 amide bonds. The molecule has 0 heterocycles. The van der Waals surface area contributed by atoms with Crippen LogP contribution in [0.2, 0.25) is 0 Å². The van der Waals surface area contributed by atoms with Crippen LogP contribution in [0.5, 0.6) is 5.75 Å². The van der Waals surface area contributed by atoms with Gasteiger partial charge >= 0.3 is 0 Å². The molecule has 1 rings (SSSR count). The zero-order valence-electron chi connectivity index (χ0n) is 10.1. The van der Waals surface area contributed by atoms with Crippen molar-refractivity contribution >= 4 is 17.7 Å². The summed E-state index contributed by atoms with van der Waals surface area (Å²) < 4.78 is 5.07. The first-order valence-electron chi connectivity index (χ1n) is 5.46. The third kappa shape index (κ3) is 4.66. The lowest BCUT2D eigenvalue weighted by atomic mass is 10.3. The molecule has 3 N–H and O–H groups in total. The normalized spacial score (nSPS) is 11.9. The molecule has 1 unspecified atom stereocenters.